The number of rotatable bonds is 6. The molecule has 1 aromatic heterocycles. The third kappa shape index (κ3) is 4.01. The molecule has 0 bridgehead atoms. The van der Waals surface area contributed by atoms with Crippen LogP contribution in [-0.2, 0) is 12.0 Å². The van der Waals surface area contributed by atoms with Crippen molar-refractivity contribution in [1.29, 1.82) is 0 Å². The lowest BCUT2D eigenvalue weighted by atomic mass is 9.66. The summed E-state index contributed by atoms with van der Waals surface area (Å²) in [6.45, 7) is 12.1. The van der Waals surface area contributed by atoms with E-state index in [0.717, 1.165) is 55.5 Å². The Balaban J connectivity index is 1.54. The summed E-state index contributed by atoms with van der Waals surface area (Å²) >= 11 is 0. The number of benzene rings is 1. The topological polar surface area (TPSA) is 47.3 Å². The maximum atomic E-state index is 11.1. The van der Waals surface area contributed by atoms with Gasteiger partial charge in [0.05, 0.1) is 0 Å². The first-order chi connectivity index (χ1) is 14.2. The molecule has 2 aliphatic rings. The van der Waals surface area contributed by atoms with Crippen LogP contribution in [0, 0.1) is 5.92 Å². The Morgan fingerprint density at radius 1 is 1.27 bits per heavy atom. The standard InChI is InChI=1S/C26H36N2O2/c1-18-9-10-21-20(15-18)24-22(29)16-19(17-23(24)30-26(21,4)5)25(2,3)11-6-7-13-28-14-8-12-27-28/h8-9,12,14,16-17,20-21,29H,6-7,10-11,13,15H2,1-5H3/t20-,21-/m1/s1. The summed E-state index contributed by atoms with van der Waals surface area (Å²) in [5.41, 5.74) is 3.35. The molecule has 0 saturated carbocycles. The maximum absolute atomic E-state index is 11.1. The molecule has 4 heteroatoms. The highest BCUT2D eigenvalue weighted by Gasteiger charge is 2.46. The predicted octanol–water partition coefficient (Wildman–Crippen LogP) is 6.35. The smallest absolute Gasteiger partial charge is 0.127 e. The number of hydrogen-bond acceptors (Lipinski definition) is 3. The van der Waals surface area contributed by atoms with Crippen LogP contribution < -0.4 is 4.74 Å². The molecule has 0 spiro atoms. The minimum atomic E-state index is -0.228. The molecule has 0 unspecified atom stereocenters. The van der Waals surface area contributed by atoms with E-state index in [1.54, 1.807) is 0 Å². The van der Waals surface area contributed by atoms with Crippen LogP contribution in [0.4, 0.5) is 0 Å². The van der Waals surface area contributed by atoms with Crippen molar-refractivity contribution in [1.82, 2.24) is 9.78 Å². The maximum Gasteiger partial charge on any atom is 0.127 e. The summed E-state index contributed by atoms with van der Waals surface area (Å²) in [7, 11) is 0. The van der Waals surface area contributed by atoms with Crippen molar-refractivity contribution < 1.29 is 9.84 Å². The first-order valence-corrected chi connectivity index (χ1v) is 11.4. The second-order valence-corrected chi connectivity index (χ2v) is 10.4. The molecular formula is C26H36N2O2. The highest BCUT2D eigenvalue weighted by molar-refractivity contribution is 5.54. The normalized spacial score (nSPS) is 22.6. The Labute approximate surface area is 181 Å². The fraction of sp³-hybridized carbons (Fsp3) is 0.577. The van der Waals surface area contributed by atoms with Gasteiger partial charge in [-0.15, -0.1) is 0 Å². The van der Waals surface area contributed by atoms with Gasteiger partial charge in [-0.05, 0) is 75.6 Å². The molecule has 1 aliphatic heterocycles. The van der Waals surface area contributed by atoms with Crippen molar-refractivity contribution in [3.63, 3.8) is 0 Å². The van der Waals surface area contributed by atoms with Gasteiger partial charge >= 0.3 is 0 Å². The van der Waals surface area contributed by atoms with E-state index < -0.39 is 0 Å². The van der Waals surface area contributed by atoms with Gasteiger partial charge < -0.3 is 9.84 Å². The first-order valence-electron chi connectivity index (χ1n) is 11.4. The van der Waals surface area contributed by atoms with E-state index >= 15 is 0 Å². The van der Waals surface area contributed by atoms with Crippen molar-refractivity contribution in [3.8, 4) is 11.5 Å². The van der Waals surface area contributed by atoms with E-state index in [1.807, 2.05) is 29.2 Å². The number of hydrogen-bond donors (Lipinski definition) is 1. The molecule has 4 rings (SSSR count). The Kier molecular flexibility index (Phi) is 5.46. The molecule has 1 N–H and O–H groups in total. The number of phenolic OH excluding ortho intramolecular Hbond substituents is 1. The monoisotopic (exact) mass is 408 g/mol. The summed E-state index contributed by atoms with van der Waals surface area (Å²) in [5.74, 6) is 2.03. The van der Waals surface area contributed by atoms with Crippen LogP contribution in [0.1, 0.15) is 83.8 Å². The second kappa shape index (κ2) is 7.79. The zero-order chi connectivity index (χ0) is 21.5. The van der Waals surface area contributed by atoms with Crippen molar-refractivity contribution in [2.24, 2.45) is 5.92 Å². The fourth-order valence-corrected chi connectivity index (χ4v) is 5.37. The Bertz CT molecular complexity index is 925. The summed E-state index contributed by atoms with van der Waals surface area (Å²) in [6, 6.07) is 6.17. The highest BCUT2D eigenvalue weighted by atomic mass is 16.5. The molecule has 30 heavy (non-hydrogen) atoms. The molecule has 2 atom stereocenters. The minimum Gasteiger partial charge on any atom is -0.508 e. The highest BCUT2D eigenvalue weighted by Crippen LogP contribution is 2.54. The van der Waals surface area contributed by atoms with Gasteiger partial charge in [-0.1, -0.05) is 31.9 Å². The van der Waals surface area contributed by atoms with Crippen LogP contribution in [0.15, 0.2) is 42.2 Å². The number of fused-ring (bicyclic) bond motifs is 3. The number of aromatic hydroxyl groups is 1. The van der Waals surface area contributed by atoms with Crippen LogP contribution in [0.25, 0.3) is 0 Å². The lowest BCUT2D eigenvalue weighted by Crippen LogP contribution is -2.45. The Morgan fingerprint density at radius 3 is 2.80 bits per heavy atom. The zero-order valence-corrected chi connectivity index (χ0v) is 19.1. The van der Waals surface area contributed by atoms with Crippen LogP contribution in [-0.4, -0.2) is 20.5 Å². The van der Waals surface area contributed by atoms with Crippen molar-refractivity contribution >= 4 is 0 Å². The third-order valence-electron chi connectivity index (χ3n) is 7.28. The molecule has 0 saturated heterocycles. The lowest BCUT2D eigenvalue weighted by molar-refractivity contribution is 0.00741. The second-order valence-electron chi connectivity index (χ2n) is 10.4. The number of aryl methyl sites for hydroxylation is 1. The van der Waals surface area contributed by atoms with Crippen molar-refractivity contribution in [3.05, 3.63) is 53.4 Å². The quantitative estimate of drug-likeness (QED) is 0.448. The fourth-order valence-electron chi connectivity index (χ4n) is 5.37. The van der Waals surface area contributed by atoms with Crippen LogP contribution in [0.3, 0.4) is 0 Å². The van der Waals surface area contributed by atoms with Gasteiger partial charge in [0, 0.05) is 36.3 Å². The van der Waals surface area contributed by atoms with E-state index in [1.165, 1.54) is 5.57 Å². The summed E-state index contributed by atoms with van der Waals surface area (Å²) in [6.07, 6.45) is 11.5. The van der Waals surface area contributed by atoms with Gasteiger partial charge in [0.2, 0.25) is 0 Å². The van der Waals surface area contributed by atoms with Gasteiger partial charge in [0.1, 0.15) is 17.1 Å². The van der Waals surface area contributed by atoms with Crippen LogP contribution in [0.2, 0.25) is 0 Å². The summed E-state index contributed by atoms with van der Waals surface area (Å²) in [5, 5.41) is 15.4. The summed E-state index contributed by atoms with van der Waals surface area (Å²) in [4.78, 5) is 0. The van der Waals surface area contributed by atoms with E-state index in [9.17, 15) is 5.11 Å². The van der Waals surface area contributed by atoms with E-state index in [2.05, 4.69) is 51.9 Å². The van der Waals surface area contributed by atoms with E-state index in [-0.39, 0.29) is 11.0 Å². The van der Waals surface area contributed by atoms with Crippen LogP contribution in [0.5, 0.6) is 11.5 Å². The summed E-state index contributed by atoms with van der Waals surface area (Å²) < 4.78 is 8.51. The predicted molar refractivity (Wildman–Crippen MR) is 121 cm³/mol. The SMILES string of the molecule is CC1=CC[C@@H]2[C@@H](C1)c1c(O)cc(C(C)(C)CCCCn3cccn3)cc1OC2(C)C. The van der Waals surface area contributed by atoms with Gasteiger partial charge in [0.25, 0.3) is 0 Å². The first kappa shape index (κ1) is 21.0. The van der Waals surface area contributed by atoms with E-state index in [0.29, 0.717) is 17.6 Å². The number of nitrogens with zero attached hydrogens (tertiary/aromatic N) is 2. The molecule has 1 aromatic carbocycles. The molecule has 2 aromatic rings. The molecule has 0 radical (unpaired) electrons. The van der Waals surface area contributed by atoms with Gasteiger partial charge in [-0.2, -0.15) is 5.10 Å². The number of aromatic nitrogens is 2. The molecule has 162 valence electrons. The molecule has 0 fully saturated rings. The third-order valence-corrected chi connectivity index (χ3v) is 7.28. The minimum absolute atomic E-state index is 0.0244. The van der Waals surface area contributed by atoms with Gasteiger partial charge in [-0.3, -0.25) is 4.68 Å². The number of unbranched alkanes of at least 4 members (excludes halogenated alkanes) is 1. The van der Waals surface area contributed by atoms with Crippen molar-refractivity contribution in [2.75, 3.05) is 0 Å². The number of ether oxygens (including phenoxy) is 1. The van der Waals surface area contributed by atoms with E-state index in [4.69, 9.17) is 4.74 Å². The van der Waals surface area contributed by atoms with Gasteiger partial charge in [0.15, 0.2) is 0 Å². The Hall–Kier alpha value is -2.23. The Morgan fingerprint density at radius 2 is 2.07 bits per heavy atom. The van der Waals surface area contributed by atoms with Crippen molar-refractivity contribution in [2.45, 2.75) is 90.2 Å². The molecule has 1 aliphatic carbocycles. The zero-order valence-electron chi connectivity index (χ0n) is 19.1. The van der Waals surface area contributed by atoms with Gasteiger partial charge in [-0.25, -0.2) is 0 Å². The molecule has 4 nitrogen and oxygen atoms in total. The lowest BCUT2D eigenvalue weighted by Gasteiger charge is -2.47. The molecule has 2 heterocycles. The average molecular weight is 409 g/mol. The number of allylic oxidation sites excluding steroid dienone is 2. The largest absolute Gasteiger partial charge is 0.508 e. The average Bonchev–Trinajstić information content (AvgIpc) is 3.17. The molecular weight excluding hydrogens is 372 g/mol. The number of phenols is 1. The molecule has 0 amide bonds. The van der Waals surface area contributed by atoms with Crippen LogP contribution >= 0.6 is 0 Å².